The molecule has 0 heterocycles. The van der Waals surface area contributed by atoms with Crippen LogP contribution < -0.4 is 10.6 Å². The first-order valence-electron chi connectivity index (χ1n) is 13.8. The number of rotatable bonds is 17. The number of hydrogen-bond acceptors (Lipinski definition) is 8. The van der Waals surface area contributed by atoms with Crippen molar-refractivity contribution in [3.8, 4) is 5.75 Å². The highest BCUT2D eigenvalue weighted by Crippen LogP contribution is 2.28. The Morgan fingerprint density at radius 3 is 2.59 bits per heavy atom. The summed E-state index contributed by atoms with van der Waals surface area (Å²) >= 11 is 0. The van der Waals surface area contributed by atoms with Crippen molar-refractivity contribution in [1.29, 1.82) is 0 Å². The zero-order chi connectivity index (χ0) is 28.6. The molecule has 0 amide bonds. The van der Waals surface area contributed by atoms with Crippen molar-refractivity contribution in [2.75, 3.05) is 26.7 Å². The van der Waals surface area contributed by atoms with Crippen LogP contribution >= 0.6 is 0 Å². The van der Waals surface area contributed by atoms with E-state index in [0.717, 1.165) is 24.8 Å². The van der Waals surface area contributed by atoms with Gasteiger partial charge in [0.2, 0.25) is 0 Å². The molecule has 0 radical (unpaired) electrons. The van der Waals surface area contributed by atoms with E-state index in [1.807, 2.05) is 32.0 Å². The molecule has 212 valence electrons. The van der Waals surface area contributed by atoms with E-state index in [0.29, 0.717) is 49.6 Å². The summed E-state index contributed by atoms with van der Waals surface area (Å²) in [7, 11) is 2.07. The van der Waals surface area contributed by atoms with Crippen LogP contribution in [0.25, 0.3) is 0 Å². The third-order valence-electron chi connectivity index (χ3n) is 6.65. The summed E-state index contributed by atoms with van der Waals surface area (Å²) < 4.78 is 11.5. The number of ether oxygens (including phenoxy) is 2. The van der Waals surface area contributed by atoms with Gasteiger partial charge in [-0.05, 0) is 81.8 Å². The number of benzene rings is 2. The van der Waals surface area contributed by atoms with Crippen molar-refractivity contribution in [3.63, 3.8) is 0 Å². The number of nitrogens with two attached hydrogens (primary N) is 1. The molecule has 0 spiro atoms. The van der Waals surface area contributed by atoms with E-state index in [1.165, 1.54) is 11.1 Å². The van der Waals surface area contributed by atoms with E-state index in [1.54, 1.807) is 12.3 Å². The molecule has 0 aliphatic carbocycles. The predicted octanol–water partition coefficient (Wildman–Crippen LogP) is 5.32. The van der Waals surface area contributed by atoms with Gasteiger partial charge in [-0.2, -0.15) is 5.10 Å². The Morgan fingerprint density at radius 1 is 1.15 bits per heavy atom. The van der Waals surface area contributed by atoms with Crippen LogP contribution in [0.3, 0.4) is 0 Å². The Bertz CT molecular complexity index is 1120. The van der Waals surface area contributed by atoms with Gasteiger partial charge in [-0.25, -0.2) is 0 Å². The summed E-state index contributed by atoms with van der Waals surface area (Å²) in [6.45, 7) is 10.4. The molecule has 2 aromatic rings. The lowest BCUT2D eigenvalue weighted by Crippen LogP contribution is -2.32. The Balaban J connectivity index is 2.18. The Labute approximate surface area is 233 Å². The number of likely N-dealkylation sites (N-methyl/N-ethyl adjacent to an activating group) is 1. The monoisotopic (exact) mass is 536 g/mol. The minimum Gasteiger partial charge on any atom is -0.488 e. The van der Waals surface area contributed by atoms with Gasteiger partial charge < -0.3 is 15.3 Å². The van der Waals surface area contributed by atoms with Crippen LogP contribution in [0, 0.1) is 6.92 Å². The predicted molar refractivity (Wildman–Crippen MR) is 158 cm³/mol. The fourth-order valence-electron chi connectivity index (χ4n) is 4.42. The van der Waals surface area contributed by atoms with E-state index in [9.17, 15) is 9.59 Å². The van der Waals surface area contributed by atoms with Gasteiger partial charge in [0.1, 0.15) is 11.9 Å². The fourth-order valence-corrected chi connectivity index (χ4v) is 4.42. The number of carbonyl (C=O) groups excluding carboxylic acids is 2. The van der Waals surface area contributed by atoms with Crippen LogP contribution in [-0.2, 0) is 16.1 Å². The second kappa shape index (κ2) is 17.1. The topological polar surface area (TPSA) is 107 Å². The molecule has 0 fully saturated rings. The second-order valence-corrected chi connectivity index (χ2v) is 9.68. The van der Waals surface area contributed by atoms with Crippen LogP contribution in [0.15, 0.2) is 52.6 Å². The number of esters is 1. The molecular formula is C31H44N4O4. The smallest absolute Gasteiger partial charge is 0.306 e. The number of hydrogen-bond donors (Lipinski definition) is 1. The quantitative estimate of drug-likeness (QED) is 0.0964. The lowest BCUT2D eigenvalue weighted by atomic mass is 9.88. The van der Waals surface area contributed by atoms with Gasteiger partial charge in [0, 0.05) is 25.8 Å². The standard InChI is InChI=1S/C31H44N4O4/c1-6-29(39-30-12-10-9-11-26(30)22-36)21-35(5)20-27-17-24(14-13-23(27)4)25(18-31(37)38-8-3)15-16-28(34-32)19-33-7-2/h9-14,17,19,22,25,29H,6-8,15-16,18,20-21,32H2,1-5H3/b33-19?,34-28-/t25?,29-/m1/s1. The van der Waals surface area contributed by atoms with Crippen LogP contribution in [0.5, 0.6) is 5.75 Å². The van der Waals surface area contributed by atoms with Crippen LogP contribution in [0.2, 0.25) is 0 Å². The van der Waals surface area contributed by atoms with Crippen molar-refractivity contribution < 1.29 is 19.1 Å². The Hall–Kier alpha value is -3.52. The maximum absolute atomic E-state index is 12.4. The van der Waals surface area contributed by atoms with E-state index in [4.69, 9.17) is 15.3 Å². The molecule has 8 nitrogen and oxygen atoms in total. The molecule has 2 atom stereocenters. The second-order valence-electron chi connectivity index (χ2n) is 9.68. The maximum atomic E-state index is 12.4. The summed E-state index contributed by atoms with van der Waals surface area (Å²) in [4.78, 5) is 30.3. The molecule has 0 aromatic heterocycles. The highest BCUT2D eigenvalue weighted by atomic mass is 16.5. The lowest BCUT2D eigenvalue weighted by Gasteiger charge is -2.26. The molecular weight excluding hydrogens is 492 g/mol. The molecule has 8 heteroatoms. The zero-order valence-corrected chi connectivity index (χ0v) is 24.1. The molecule has 1 unspecified atom stereocenters. The first kappa shape index (κ1) is 31.7. The van der Waals surface area contributed by atoms with Gasteiger partial charge in [-0.15, -0.1) is 0 Å². The van der Waals surface area contributed by atoms with Gasteiger partial charge in [0.25, 0.3) is 0 Å². The summed E-state index contributed by atoms with van der Waals surface area (Å²) in [5.74, 6) is 5.93. The number of aliphatic imine (C=N–C) groups is 1. The van der Waals surface area contributed by atoms with Gasteiger partial charge in [0.15, 0.2) is 6.29 Å². The van der Waals surface area contributed by atoms with Crippen LogP contribution in [0.4, 0.5) is 0 Å². The molecule has 2 aromatic carbocycles. The summed E-state index contributed by atoms with van der Waals surface area (Å²) in [5, 5.41) is 3.87. The normalized spacial score (nSPS) is 13.4. The molecule has 2 N–H and O–H groups in total. The van der Waals surface area contributed by atoms with Crippen molar-refractivity contribution in [2.45, 2.75) is 71.9 Å². The average molecular weight is 537 g/mol. The van der Waals surface area contributed by atoms with Crippen LogP contribution in [-0.4, -0.2) is 61.9 Å². The van der Waals surface area contributed by atoms with E-state index >= 15 is 0 Å². The number of carbonyl (C=O) groups is 2. The van der Waals surface area contributed by atoms with Crippen molar-refractivity contribution >= 4 is 24.2 Å². The molecule has 0 bridgehead atoms. The van der Waals surface area contributed by atoms with Gasteiger partial charge in [-0.1, -0.05) is 37.3 Å². The maximum Gasteiger partial charge on any atom is 0.306 e. The Kier molecular flexibility index (Phi) is 13.9. The molecule has 0 aliphatic heterocycles. The number of aldehydes is 1. The van der Waals surface area contributed by atoms with Gasteiger partial charge >= 0.3 is 5.97 Å². The van der Waals surface area contributed by atoms with Crippen molar-refractivity contribution in [2.24, 2.45) is 15.9 Å². The van der Waals surface area contributed by atoms with E-state index in [2.05, 4.69) is 54.1 Å². The first-order chi connectivity index (χ1) is 18.8. The highest BCUT2D eigenvalue weighted by molar-refractivity contribution is 6.30. The van der Waals surface area contributed by atoms with E-state index < -0.39 is 0 Å². The van der Waals surface area contributed by atoms with E-state index in [-0.39, 0.29) is 24.4 Å². The number of nitrogens with zero attached hydrogens (tertiary/aromatic N) is 3. The van der Waals surface area contributed by atoms with Gasteiger partial charge in [-0.3, -0.25) is 19.5 Å². The zero-order valence-electron chi connectivity index (χ0n) is 24.1. The number of aryl methyl sites for hydroxylation is 1. The fraction of sp³-hybridized carbons (Fsp3) is 0.484. The van der Waals surface area contributed by atoms with Crippen molar-refractivity contribution in [3.05, 3.63) is 64.7 Å². The third kappa shape index (κ3) is 10.6. The summed E-state index contributed by atoms with van der Waals surface area (Å²) in [5.41, 5.74) is 4.72. The van der Waals surface area contributed by atoms with Crippen LogP contribution in [0.1, 0.15) is 79.4 Å². The summed E-state index contributed by atoms with van der Waals surface area (Å²) in [6, 6.07) is 13.7. The Morgan fingerprint density at radius 2 is 1.92 bits per heavy atom. The first-order valence-corrected chi connectivity index (χ1v) is 13.8. The SMILES string of the molecule is CCN=C/C(CCC(CC(=O)OCC)c1ccc(C)c(CN(C)C[C@@H](CC)Oc2ccccc2C=O)c1)=N\N. The highest BCUT2D eigenvalue weighted by Gasteiger charge is 2.20. The molecule has 0 saturated heterocycles. The number of hydrazone groups is 1. The molecule has 2 rings (SSSR count). The average Bonchev–Trinajstić information content (AvgIpc) is 2.93. The third-order valence-corrected chi connectivity index (χ3v) is 6.65. The number of para-hydroxylation sites is 1. The minimum atomic E-state index is -0.214. The summed E-state index contributed by atoms with van der Waals surface area (Å²) in [6.07, 6.45) is 4.88. The lowest BCUT2D eigenvalue weighted by molar-refractivity contribution is -0.143. The van der Waals surface area contributed by atoms with Crippen molar-refractivity contribution in [1.82, 2.24) is 4.90 Å². The minimum absolute atomic E-state index is 0.0351. The molecule has 0 aliphatic rings. The largest absolute Gasteiger partial charge is 0.488 e. The van der Waals surface area contributed by atoms with Gasteiger partial charge in [0.05, 0.1) is 24.3 Å². The molecule has 0 saturated carbocycles. The molecule has 39 heavy (non-hydrogen) atoms.